The minimum atomic E-state index is -0.261. The first-order valence-electron chi connectivity index (χ1n) is 11.7. The minimum Gasteiger partial charge on any atom is -0.495 e. The highest BCUT2D eigenvalue weighted by Gasteiger charge is 2.23. The fourth-order valence-corrected chi connectivity index (χ4v) is 4.31. The number of rotatable bonds is 9. The lowest BCUT2D eigenvalue weighted by atomic mass is 10.0. The number of nitrogens with one attached hydrogen (secondary N) is 1. The molecule has 1 aromatic heterocycles. The lowest BCUT2D eigenvalue weighted by Gasteiger charge is -2.36. The molecule has 1 saturated heterocycles. The third kappa shape index (κ3) is 5.39. The van der Waals surface area contributed by atoms with E-state index in [1.165, 1.54) is 12.1 Å². The second-order valence-electron chi connectivity index (χ2n) is 8.30. The number of aryl methyl sites for hydroxylation is 1. The summed E-state index contributed by atoms with van der Waals surface area (Å²) in [5.74, 6) is 0.872. The SMILES string of the molecule is CCc1onc(-c2ccccc2)c1C(=O)NCCCN1CCN(c2cc(F)ccc2OC)CC1. The fourth-order valence-electron chi connectivity index (χ4n) is 4.31. The molecule has 1 aliphatic heterocycles. The molecule has 0 radical (unpaired) electrons. The second kappa shape index (κ2) is 11.2. The van der Waals surface area contributed by atoms with E-state index in [2.05, 4.69) is 20.3 Å². The van der Waals surface area contributed by atoms with Crippen molar-refractivity contribution >= 4 is 11.6 Å². The summed E-state index contributed by atoms with van der Waals surface area (Å²) < 4.78 is 24.5. The van der Waals surface area contributed by atoms with Crippen molar-refractivity contribution in [2.24, 2.45) is 0 Å². The smallest absolute Gasteiger partial charge is 0.257 e. The zero-order chi connectivity index (χ0) is 23.9. The molecule has 1 aliphatic rings. The molecule has 7 nitrogen and oxygen atoms in total. The number of piperazine rings is 1. The molecular formula is C26H31FN4O3. The van der Waals surface area contributed by atoms with Gasteiger partial charge in [0.2, 0.25) is 0 Å². The van der Waals surface area contributed by atoms with E-state index in [9.17, 15) is 9.18 Å². The summed E-state index contributed by atoms with van der Waals surface area (Å²) in [5, 5.41) is 7.18. The Morgan fingerprint density at radius 2 is 1.91 bits per heavy atom. The first kappa shape index (κ1) is 23.8. The highest BCUT2D eigenvalue weighted by molar-refractivity contribution is 6.00. The van der Waals surface area contributed by atoms with Crippen LogP contribution in [0.5, 0.6) is 5.75 Å². The van der Waals surface area contributed by atoms with Crippen LogP contribution in [0.25, 0.3) is 11.3 Å². The van der Waals surface area contributed by atoms with Crippen LogP contribution in [0.15, 0.2) is 53.1 Å². The molecule has 180 valence electrons. The monoisotopic (exact) mass is 466 g/mol. The predicted octanol–water partition coefficient (Wildman–Crippen LogP) is 3.99. The van der Waals surface area contributed by atoms with Gasteiger partial charge in [-0.1, -0.05) is 42.4 Å². The Kier molecular flexibility index (Phi) is 7.80. The van der Waals surface area contributed by atoms with Crippen molar-refractivity contribution in [2.45, 2.75) is 19.8 Å². The second-order valence-corrected chi connectivity index (χ2v) is 8.30. The van der Waals surface area contributed by atoms with Crippen LogP contribution in [0.1, 0.15) is 29.5 Å². The van der Waals surface area contributed by atoms with E-state index in [1.54, 1.807) is 13.2 Å². The van der Waals surface area contributed by atoms with Gasteiger partial charge in [-0.15, -0.1) is 0 Å². The maximum atomic E-state index is 13.7. The van der Waals surface area contributed by atoms with Crippen molar-refractivity contribution in [3.63, 3.8) is 0 Å². The zero-order valence-corrected chi connectivity index (χ0v) is 19.7. The minimum absolute atomic E-state index is 0.153. The summed E-state index contributed by atoms with van der Waals surface area (Å²) in [4.78, 5) is 17.5. The normalized spacial score (nSPS) is 14.3. The number of hydrogen-bond donors (Lipinski definition) is 1. The summed E-state index contributed by atoms with van der Waals surface area (Å²) >= 11 is 0. The van der Waals surface area contributed by atoms with Gasteiger partial charge in [-0.3, -0.25) is 9.69 Å². The molecule has 0 spiro atoms. The van der Waals surface area contributed by atoms with Crippen molar-refractivity contribution in [3.8, 4) is 17.0 Å². The first-order chi connectivity index (χ1) is 16.6. The number of aromatic nitrogens is 1. The third-order valence-corrected chi connectivity index (χ3v) is 6.15. The molecule has 0 saturated carbocycles. The lowest BCUT2D eigenvalue weighted by molar-refractivity contribution is 0.0950. The van der Waals surface area contributed by atoms with Gasteiger partial charge in [0.25, 0.3) is 5.91 Å². The number of ether oxygens (including phenoxy) is 1. The van der Waals surface area contributed by atoms with E-state index in [-0.39, 0.29) is 11.7 Å². The number of anilines is 1. The van der Waals surface area contributed by atoms with Gasteiger partial charge in [-0.25, -0.2) is 4.39 Å². The summed E-state index contributed by atoms with van der Waals surface area (Å²) in [6.45, 7) is 6.74. The maximum Gasteiger partial charge on any atom is 0.257 e. The van der Waals surface area contributed by atoms with Crippen molar-refractivity contribution in [1.82, 2.24) is 15.4 Å². The Bertz CT molecular complexity index is 1090. The molecule has 2 aromatic carbocycles. The van der Waals surface area contributed by atoms with Crippen LogP contribution in [0.4, 0.5) is 10.1 Å². The highest BCUT2D eigenvalue weighted by atomic mass is 19.1. The highest BCUT2D eigenvalue weighted by Crippen LogP contribution is 2.30. The van der Waals surface area contributed by atoms with Crippen LogP contribution in [-0.2, 0) is 6.42 Å². The summed E-state index contributed by atoms with van der Waals surface area (Å²) in [7, 11) is 1.60. The zero-order valence-electron chi connectivity index (χ0n) is 19.7. The Morgan fingerprint density at radius 3 is 2.62 bits per heavy atom. The average Bonchev–Trinajstić information content (AvgIpc) is 3.32. The Morgan fingerprint density at radius 1 is 1.15 bits per heavy atom. The molecule has 1 amide bonds. The summed E-state index contributed by atoms with van der Waals surface area (Å²) in [5.41, 5.74) is 2.76. The van der Waals surface area contributed by atoms with Gasteiger partial charge in [-0.05, 0) is 25.1 Å². The number of carbonyl (C=O) groups is 1. The predicted molar refractivity (Wildman–Crippen MR) is 130 cm³/mol. The molecule has 0 atom stereocenters. The Balaban J connectivity index is 1.27. The molecule has 8 heteroatoms. The van der Waals surface area contributed by atoms with Crippen LogP contribution >= 0.6 is 0 Å². The van der Waals surface area contributed by atoms with E-state index in [0.29, 0.717) is 35.7 Å². The number of benzene rings is 2. The fraction of sp³-hybridized carbons (Fsp3) is 0.385. The van der Waals surface area contributed by atoms with Crippen LogP contribution in [-0.4, -0.2) is 62.3 Å². The quantitative estimate of drug-likeness (QED) is 0.481. The van der Waals surface area contributed by atoms with Crippen molar-refractivity contribution in [2.75, 3.05) is 51.3 Å². The van der Waals surface area contributed by atoms with Crippen LogP contribution < -0.4 is 15.0 Å². The number of carbonyl (C=O) groups excluding carboxylic acids is 1. The molecule has 34 heavy (non-hydrogen) atoms. The van der Waals surface area contributed by atoms with E-state index in [0.717, 1.165) is 50.4 Å². The van der Waals surface area contributed by atoms with Gasteiger partial charge < -0.3 is 19.5 Å². The molecule has 1 N–H and O–H groups in total. The van der Waals surface area contributed by atoms with Gasteiger partial charge in [0.05, 0.1) is 12.8 Å². The number of methoxy groups -OCH3 is 1. The molecule has 0 aliphatic carbocycles. The number of nitrogens with zero attached hydrogens (tertiary/aromatic N) is 3. The van der Waals surface area contributed by atoms with E-state index >= 15 is 0 Å². The lowest BCUT2D eigenvalue weighted by Crippen LogP contribution is -2.47. The molecule has 0 bridgehead atoms. The molecular weight excluding hydrogens is 435 g/mol. The van der Waals surface area contributed by atoms with Crippen molar-refractivity contribution in [1.29, 1.82) is 0 Å². The van der Waals surface area contributed by atoms with E-state index < -0.39 is 0 Å². The average molecular weight is 467 g/mol. The van der Waals surface area contributed by atoms with Crippen molar-refractivity contribution < 1.29 is 18.4 Å². The van der Waals surface area contributed by atoms with Gasteiger partial charge in [-0.2, -0.15) is 0 Å². The van der Waals surface area contributed by atoms with Crippen LogP contribution in [0.2, 0.25) is 0 Å². The van der Waals surface area contributed by atoms with Crippen LogP contribution in [0.3, 0.4) is 0 Å². The van der Waals surface area contributed by atoms with E-state index in [1.807, 2.05) is 37.3 Å². The Labute approximate surface area is 199 Å². The number of amides is 1. The van der Waals surface area contributed by atoms with Crippen LogP contribution in [0, 0.1) is 5.82 Å². The topological polar surface area (TPSA) is 70.8 Å². The number of hydrogen-bond acceptors (Lipinski definition) is 6. The Hall–Kier alpha value is -3.39. The van der Waals surface area contributed by atoms with Crippen molar-refractivity contribution in [3.05, 3.63) is 65.7 Å². The molecule has 3 aromatic rings. The standard InChI is InChI=1S/C26H31FN4O3/c1-3-22-24(25(29-34-22)19-8-5-4-6-9-19)26(32)28-12-7-13-30-14-16-31(17-15-30)21-18-20(27)10-11-23(21)33-2/h4-6,8-11,18H,3,7,12-17H2,1-2H3,(H,28,32). The van der Waals surface area contributed by atoms with Gasteiger partial charge in [0.15, 0.2) is 0 Å². The van der Waals surface area contributed by atoms with E-state index in [4.69, 9.17) is 9.26 Å². The van der Waals surface area contributed by atoms with Gasteiger partial charge >= 0.3 is 0 Å². The first-order valence-corrected chi connectivity index (χ1v) is 11.7. The molecule has 4 rings (SSSR count). The maximum absolute atomic E-state index is 13.7. The molecule has 1 fully saturated rings. The largest absolute Gasteiger partial charge is 0.495 e. The summed E-state index contributed by atoms with van der Waals surface area (Å²) in [6.07, 6.45) is 1.44. The van der Waals surface area contributed by atoms with Gasteiger partial charge in [0.1, 0.15) is 28.6 Å². The number of halogens is 1. The third-order valence-electron chi connectivity index (χ3n) is 6.15. The molecule has 0 unspecified atom stereocenters. The summed E-state index contributed by atoms with van der Waals surface area (Å²) in [6, 6.07) is 14.2. The molecule has 2 heterocycles. The van der Waals surface area contributed by atoms with Gasteiger partial charge in [0, 0.05) is 50.8 Å².